The van der Waals surface area contributed by atoms with Crippen LogP contribution >= 0.6 is 0 Å². The standard InChI is InChI=1S/C10H21NO2/c1-9-8-13-7-3-5-11(9)6-4-10(2)12/h9-10,12H,3-8H2,1-2H3. The zero-order chi connectivity index (χ0) is 9.68. The number of aliphatic hydroxyl groups is 1. The van der Waals surface area contributed by atoms with E-state index in [-0.39, 0.29) is 6.10 Å². The second-order valence-electron chi connectivity index (χ2n) is 3.95. The molecule has 1 fully saturated rings. The van der Waals surface area contributed by atoms with E-state index in [9.17, 15) is 5.11 Å². The van der Waals surface area contributed by atoms with Crippen LogP contribution in [0.1, 0.15) is 26.7 Å². The molecule has 2 unspecified atom stereocenters. The van der Waals surface area contributed by atoms with Gasteiger partial charge in [0.15, 0.2) is 0 Å². The molecule has 1 heterocycles. The van der Waals surface area contributed by atoms with E-state index < -0.39 is 0 Å². The molecule has 0 bridgehead atoms. The van der Waals surface area contributed by atoms with E-state index in [1.165, 1.54) is 0 Å². The Morgan fingerprint density at radius 2 is 2.38 bits per heavy atom. The molecule has 1 aliphatic heterocycles. The van der Waals surface area contributed by atoms with Gasteiger partial charge in [-0.1, -0.05) is 0 Å². The molecule has 1 aliphatic rings. The molecule has 3 nitrogen and oxygen atoms in total. The molecule has 0 aromatic rings. The highest BCUT2D eigenvalue weighted by molar-refractivity contribution is 4.70. The lowest BCUT2D eigenvalue weighted by Gasteiger charge is -2.26. The van der Waals surface area contributed by atoms with Gasteiger partial charge in [0, 0.05) is 25.7 Å². The van der Waals surface area contributed by atoms with Gasteiger partial charge >= 0.3 is 0 Å². The Morgan fingerprint density at radius 3 is 3.08 bits per heavy atom. The van der Waals surface area contributed by atoms with Crippen molar-refractivity contribution in [2.45, 2.75) is 38.8 Å². The first-order chi connectivity index (χ1) is 6.20. The summed E-state index contributed by atoms with van der Waals surface area (Å²) in [6.45, 7) is 7.84. The molecule has 0 saturated carbocycles. The van der Waals surface area contributed by atoms with Crippen molar-refractivity contribution in [1.82, 2.24) is 4.90 Å². The molecule has 0 radical (unpaired) electrons. The fraction of sp³-hybridized carbons (Fsp3) is 1.00. The number of rotatable bonds is 3. The Hall–Kier alpha value is -0.120. The lowest BCUT2D eigenvalue weighted by Crippen LogP contribution is -2.36. The molecule has 0 aromatic heterocycles. The molecule has 0 spiro atoms. The summed E-state index contributed by atoms with van der Waals surface area (Å²) in [5.41, 5.74) is 0. The van der Waals surface area contributed by atoms with Crippen LogP contribution in [-0.2, 0) is 4.74 Å². The highest BCUT2D eigenvalue weighted by Crippen LogP contribution is 2.08. The summed E-state index contributed by atoms with van der Waals surface area (Å²) in [6, 6.07) is 0.501. The summed E-state index contributed by atoms with van der Waals surface area (Å²) in [5, 5.41) is 9.18. The number of hydrogen-bond acceptors (Lipinski definition) is 3. The predicted octanol–water partition coefficient (Wildman–Crippen LogP) is 0.868. The van der Waals surface area contributed by atoms with Gasteiger partial charge in [0.1, 0.15) is 0 Å². The van der Waals surface area contributed by atoms with Crippen molar-refractivity contribution >= 4 is 0 Å². The number of hydrogen-bond donors (Lipinski definition) is 1. The van der Waals surface area contributed by atoms with Crippen LogP contribution in [0.2, 0.25) is 0 Å². The first-order valence-electron chi connectivity index (χ1n) is 5.20. The molecular weight excluding hydrogens is 166 g/mol. The Morgan fingerprint density at radius 1 is 1.62 bits per heavy atom. The third-order valence-electron chi connectivity index (χ3n) is 2.55. The summed E-state index contributed by atoms with van der Waals surface area (Å²) < 4.78 is 5.44. The molecule has 0 aromatic carbocycles. The van der Waals surface area contributed by atoms with Crippen LogP contribution in [0.5, 0.6) is 0 Å². The average Bonchev–Trinajstić information content (AvgIpc) is 2.27. The van der Waals surface area contributed by atoms with E-state index in [4.69, 9.17) is 4.74 Å². The topological polar surface area (TPSA) is 32.7 Å². The highest BCUT2D eigenvalue weighted by atomic mass is 16.5. The van der Waals surface area contributed by atoms with E-state index in [1.807, 2.05) is 6.92 Å². The normalized spacial score (nSPS) is 28.4. The predicted molar refractivity (Wildman–Crippen MR) is 52.8 cm³/mol. The molecule has 2 atom stereocenters. The molecule has 1 rings (SSSR count). The minimum atomic E-state index is -0.184. The molecule has 78 valence electrons. The van der Waals surface area contributed by atoms with E-state index >= 15 is 0 Å². The van der Waals surface area contributed by atoms with Gasteiger partial charge in [0.25, 0.3) is 0 Å². The van der Waals surface area contributed by atoms with E-state index in [0.717, 1.165) is 39.1 Å². The molecule has 1 N–H and O–H groups in total. The summed E-state index contributed by atoms with van der Waals surface area (Å²) >= 11 is 0. The monoisotopic (exact) mass is 187 g/mol. The first-order valence-corrected chi connectivity index (χ1v) is 5.20. The number of nitrogens with zero attached hydrogens (tertiary/aromatic N) is 1. The van der Waals surface area contributed by atoms with Crippen molar-refractivity contribution in [1.29, 1.82) is 0 Å². The Kier molecular flexibility index (Phi) is 4.70. The molecule has 3 heteroatoms. The van der Waals surface area contributed by atoms with Gasteiger partial charge in [-0.25, -0.2) is 0 Å². The summed E-state index contributed by atoms with van der Waals surface area (Å²) in [5.74, 6) is 0. The summed E-state index contributed by atoms with van der Waals surface area (Å²) in [4.78, 5) is 2.40. The Bertz CT molecular complexity index is 139. The fourth-order valence-corrected chi connectivity index (χ4v) is 1.63. The number of aliphatic hydroxyl groups excluding tert-OH is 1. The minimum Gasteiger partial charge on any atom is -0.393 e. The van der Waals surface area contributed by atoms with E-state index in [2.05, 4.69) is 11.8 Å². The third kappa shape index (κ3) is 4.07. The Labute approximate surface area is 80.7 Å². The highest BCUT2D eigenvalue weighted by Gasteiger charge is 2.16. The smallest absolute Gasteiger partial charge is 0.0619 e. The SMILES string of the molecule is CC(O)CCN1CCCOCC1C. The van der Waals surface area contributed by atoms with Gasteiger partial charge in [-0.2, -0.15) is 0 Å². The van der Waals surface area contributed by atoms with Crippen LogP contribution in [0.4, 0.5) is 0 Å². The van der Waals surface area contributed by atoms with Gasteiger partial charge in [0.2, 0.25) is 0 Å². The van der Waals surface area contributed by atoms with Crippen molar-refractivity contribution in [3.63, 3.8) is 0 Å². The largest absolute Gasteiger partial charge is 0.393 e. The van der Waals surface area contributed by atoms with Crippen LogP contribution in [0.3, 0.4) is 0 Å². The molecule has 0 amide bonds. The van der Waals surface area contributed by atoms with E-state index in [1.54, 1.807) is 0 Å². The van der Waals surface area contributed by atoms with Crippen molar-refractivity contribution in [3.8, 4) is 0 Å². The van der Waals surface area contributed by atoms with E-state index in [0.29, 0.717) is 6.04 Å². The second kappa shape index (κ2) is 5.58. The van der Waals surface area contributed by atoms with Crippen LogP contribution in [0, 0.1) is 0 Å². The fourth-order valence-electron chi connectivity index (χ4n) is 1.63. The van der Waals surface area contributed by atoms with Gasteiger partial charge in [-0.3, -0.25) is 4.90 Å². The minimum absolute atomic E-state index is 0.184. The van der Waals surface area contributed by atoms with Crippen LogP contribution in [-0.4, -0.2) is 48.5 Å². The third-order valence-corrected chi connectivity index (χ3v) is 2.55. The van der Waals surface area contributed by atoms with Crippen molar-refractivity contribution < 1.29 is 9.84 Å². The number of ether oxygens (including phenoxy) is 1. The zero-order valence-corrected chi connectivity index (χ0v) is 8.70. The van der Waals surface area contributed by atoms with Crippen molar-refractivity contribution in [2.75, 3.05) is 26.3 Å². The summed E-state index contributed by atoms with van der Waals surface area (Å²) in [7, 11) is 0. The van der Waals surface area contributed by atoms with Crippen molar-refractivity contribution in [3.05, 3.63) is 0 Å². The van der Waals surface area contributed by atoms with Crippen LogP contribution in [0.15, 0.2) is 0 Å². The molecular formula is C10H21NO2. The van der Waals surface area contributed by atoms with Gasteiger partial charge in [-0.15, -0.1) is 0 Å². The molecule has 0 aliphatic carbocycles. The molecule has 13 heavy (non-hydrogen) atoms. The lowest BCUT2D eigenvalue weighted by molar-refractivity contribution is 0.0974. The summed E-state index contributed by atoms with van der Waals surface area (Å²) in [6.07, 6.45) is 1.80. The van der Waals surface area contributed by atoms with Crippen molar-refractivity contribution in [2.24, 2.45) is 0 Å². The van der Waals surface area contributed by atoms with Gasteiger partial charge in [0.05, 0.1) is 12.7 Å². The maximum atomic E-state index is 9.18. The second-order valence-corrected chi connectivity index (χ2v) is 3.95. The molecule has 1 saturated heterocycles. The van der Waals surface area contributed by atoms with Gasteiger partial charge < -0.3 is 9.84 Å². The van der Waals surface area contributed by atoms with Crippen LogP contribution in [0.25, 0.3) is 0 Å². The zero-order valence-electron chi connectivity index (χ0n) is 8.70. The first kappa shape index (κ1) is 11.0. The maximum absolute atomic E-state index is 9.18. The van der Waals surface area contributed by atoms with Crippen LogP contribution < -0.4 is 0 Å². The Balaban J connectivity index is 2.27. The maximum Gasteiger partial charge on any atom is 0.0619 e. The average molecular weight is 187 g/mol. The lowest BCUT2D eigenvalue weighted by atomic mass is 10.2. The van der Waals surface area contributed by atoms with Gasteiger partial charge in [-0.05, 0) is 26.7 Å². The quantitative estimate of drug-likeness (QED) is 0.711.